The lowest BCUT2D eigenvalue weighted by molar-refractivity contribution is -0.196. The van der Waals surface area contributed by atoms with Crippen LogP contribution in [0.15, 0.2) is 6.07 Å². The van der Waals surface area contributed by atoms with E-state index in [-0.39, 0.29) is 11.3 Å². The van der Waals surface area contributed by atoms with E-state index in [4.69, 9.17) is 5.73 Å². The van der Waals surface area contributed by atoms with Crippen LogP contribution in [0, 0.1) is 23.7 Å². The number of amides is 1. The molecular weight excluding hydrogens is 524 g/mol. The monoisotopic (exact) mass is 560 g/mol. The summed E-state index contributed by atoms with van der Waals surface area (Å²) in [5.74, 6) is -12.6. The number of aliphatic hydroxyl groups is 2. The molecule has 1 aromatic carbocycles. The molecular formula is C28H36N2O8S. The van der Waals surface area contributed by atoms with Crippen LogP contribution in [0.4, 0.5) is 0 Å². The number of likely N-dealkylation sites (N-methyl/N-ethyl adjacent to an activating group) is 1. The number of benzene rings is 1. The number of phenolic OH excluding ortho intramolecular Hbond substituents is 1. The molecule has 8 atom stereocenters. The van der Waals surface area contributed by atoms with E-state index in [2.05, 4.69) is 0 Å². The molecule has 2 unspecified atom stereocenters. The Morgan fingerprint density at radius 3 is 2.23 bits per heavy atom. The maximum Gasteiger partial charge on any atom is 0.235 e. The average molecular weight is 561 g/mol. The fraction of sp³-hybridized carbons (Fsp3) is 0.607. The number of aromatic hydroxyl groups is 1. The van der Waals surface area contributed by atoms with Crippen molar-refractivity contribution in [2.24, 2.45) is 29.4 Å². The van der Waals surface area contributed by atoms with Gasteiger partial charge in [-0.1, -0.05) is 33.8 Å². The second-order valence-corrected chi connectivity index (χ2v) is 13.1. The van der Waals surface area contributed by atoms with E-state index in [1.807, 2.05) is 33.1 Å². The molecule has 2 fully saturated rings. The smallest absolute Gasteiger partial charge is 0.235 e. The molecule has 0 saturated heterocycles. The highest BCUT2D eigenvalue weighted by Crippen LogP contribution is 2.56. The molecule has 212 valence electrons. The van der Waals surface area contributed by atoms with Gasteiger partial charge in [-0.2, -0.15) is 11.8 Å². The molecule has 0 spiro atoms. The van der Waals surface area contributed by atoms with E-state index in [9.17, 15) is 39.3 Å². The Kier molecular flexibility index (Phi) is 7.16. The zero-order valence-corrected chi connectivity index (χ0v) is 24.0. The summed E-state index contributed by atoms with van der Waals surface area (Å²) < 4.78 is 0. The molecule has 0 aliphatic heterocycles. The normalized spacial score (nSPS) is 34.6. The molecule has 1 amide bonds. The molecule has 3 aliphatic rings. The minimum absolute atomic E-state index is 0.0576. The van der Waals surface area contributed by atoms with Crippen LogP contribution in [0.25, 0.3) is 0 Å². The minimum Gasteiger partial charge on any atom is -0.507 e. The number of fused-ring (bicyclic) bond motifs is 3. The molecule has 11 heteroatoms. The van der Waals surface area contributed by atoms with Crippen LogP contribution < -0.4 is 5.73 Å². The number of carbonyl (C=O) groups excluding carboxylic acids is 5. The van der Waals surface area contributed by atoms with Gasteiger partial charge < -0.3 is 21.1 Å². The molecule has 5 N–H and O–H groups in total. The number of primary amides is 1. The number of phenols is 1. The van der Waals surface area contributed by atoms with E-state index in [1.54, 1.807) is 6.92 Å². The van der Waals surface area contributed by atoms with Crippen LogP contribution >= 0.6 is 11.8 Å². The van der Waals surface area contributed by atoms with Gasteiger partial charge in [0.15, 0.2) is 34.7 Å². The Balaban J connectivity index is 2.01. The topological polar surface area (TPSA) is 175 Å². The summed E-state index contributed by atoms with van der Waals surface area (Å²) in [6, 6.07) is 0.451. The molecule has 0 aromatic heterocycles. The molecule has 3 aliphatic carbocycles. The third kappa shape index (κ3) is 3.92. The van der Waals surface area contributed by atoms with Crippen molar-refractivity contribution in [3.05, 3.63) is 28.3 Å². The van der Waals surface area contributed by atoms with Crippen LogP contribution in [0.1, 0.15) is 60.7 Å². The zero-order valence-electron chi connectivity index (χ0n) is 23.1. The second kappa shape index (κ2) is 9.50. The Bertz CT molecular complexity index is 1300. The van der Waals surface area contributed by atoms with Crippen molar-refractivity contribution in [2.75, 3.05) is 20.4 Å². The first-order chi connectivity index (χ1) is 17.9. The lowest BCUT2D eigenvalue weighted by Gasteiger charge is -2.56. The lowest BCUT2D eigenvalue weighted by Crippen LogP contribution is -2.77. The molecule has 39 heavy (non-hydrogen) atoms. The largest absolute Gasteiger partial charge is 0.507 e. The minimum atomic E-state index is -3.00. The number of hydrogen-bond acceptors (Lipinski definition) is 10. The molecule has 4 rings (SSSR count). The highest BCUT2D eigenvalue weighted by atomic mass is 32.2. The highest BCUT2D eigenvalue weighted by Gasteiger charge is 2.73. The average Bonchev–Trinajstić information content (AvgIpc) is 2.81. The van der Waals surface area contributed by atoms with E-state index >= 15 is 0 Å². The molecule has 0 radical (unpaired) electrons. The third-order valence-electron chi connectivity index (χ3n) is 8.78. The Morgan fingerprint density at radius 2 is 1.74 bits per heavy atom. The summed E-state index contributed by atoms with van der Waals surface area (Å²) >= 11 is 1.51. The van der Waals surface area contributed by atoms with Crippen LogP contribution in [-0.4, -0.2) is 87.4 Å². The van der Waals surface area contributed by atoms with Crippen molar-refractivity contribution < 1.29 is 39.3 Å². The summed E-state index contributed by atoms with van der Waals surface area (Å²) in [5.41, 5.74) is 3.51. The van der Waals surface area contributed by atoms with Gasteiger partial charge in [0.2, 0.25) is 5.91 Å². The second-order valence-electron chi connectivity index (χ2n) is 12.3. The summed E-state index contributed by atoms with van der Waals surface area (Å²) in [6.45, 7) is 7.36. The van der Waals surface area contributed by atoms with Crippen molar-refractivity contribution in [3.63, 3.8) is 0 Å². The van der Waals surface area contributed by atoms with E-state index < -0.39 is 81.8 Å². The number of Topliss-reactive ketones (excluding diaryl/α,β-unsaturated/α-hetero) is 4. The van der Waals surface area contributed by atoms with Crippen molar-refractivity contribution >= 4 is 40.8 Å². The van der Waals surface area contributed by atoms with Crippen LogP contribution in [-0.2, 0) is 30.3 Å². The highest BCUT2D eigenvalue weighted by molar-refractivity contribution is 7.97. The summed E-state index contributed by atoms with van der Waals surface area (Å²) in [5, 5.41) is 34.9. The molecule has 10 nitrogen and oxygen atoms in total. The first-order valence-corrected chi connectivity index (χ1v) is 14.2. The van der Waals surface area contributed by atoms with Crippen molar-refractivity contribution in [3.8, 4) is 5.75 Å². The van der Waals surface area contributed by atoms with E-state index in [0.29, 0.717) is 16.9 Å². The van der Waals surface area contributed by atoms with Crippen molar-refractivity contribution in [1.29, 1.82) is 0 Å². The summed E-state index contributed by atoms with van der Waals surface area (Å²) in [6.07, 6.45) is 0.244. The van der Waals surface area contributed by atoms with Gasteiger partial charge >= 0.3 is 0 Å². The van der Waals surface area contributed by atoms with Gasteiger partial charge in [-0.3, -0.25) is 28.9 Å². The van der Waals surface area contributed by atoms with Gasteiger partial charge in [-0.25, -0.2) is 0 Å². The molecule has 1 aromatic rings. The summed E-state index contributed by atoms with van der Waals surface area (Å²) in [4.78, 5) is 68.5. The number of carbonyl (C=O) groups is 5. The molecule has 2 saturated carbocycles. The van der Waals surface area contributed by atoms with Gasteiger partial charge in [-0.15, -0.1) is 0 Å². The maximum absolute atomic E-state index is 14.1. The molecule has 0 heterocycles. The van der Waals surface area contributed by atoms with Crippen LogP contribution in [0.3, 0.4) is 0 Å². The van der Waals surface area contributed by atoms with Crippen molar-refractivity contribution in [2.45, 2.75) is 62.5 Å². The van der Waals surface area contributed by atoms with E-state index in [0.717, 1.165) is 5.56 Å². The fourth-order valence-corrected chi connectivity index (χ4v) is 7.64. The Morgan fingerprint density at radius 1 is 1.15 bits per heavy atom. The lowest BCUT2D eigenvalue weighted by atomic mass is 9.49. The predicted octanol–water partition coefficient (Wildman–Crippen LogP) is 0.559. The van der Waals surface area contributed by atoms with Gasteiger partial charge in [0.1, 0.15) is 5.75 Å². The summed E-state index contributed by atoms with van der Waals surface area (Å²) in [7, 11) is 2.93. The van der Waals surface area contributed by atoms with Gasteiger partial charge in [0, 0.05) is 17.2 Å². The SMILES string of the molecule is CSCc1cc(C(C)(C)C)c(O)c2c1[C@H](C)[C@@H]1C(C2=O)C(=O)[C@]2(O)C(=O)C(C(N)=O)C(=O)[C@@H](N(C)C)[C@@H]2[C@H]1O. The van der Waals surface area contributed by atoms with Gasteiger partial charge in [0.05, 0.1) is 29.5 Å². The van der Waals surface area contributed by atoms with Gasteiger partial charge in [-0.05, 0) is 42.8 Å². The number of thioether (sulfide) groups is 1. The maximum atomic E-state index is 14.1. The number of nitrogens with two attached hydrogens (primary N) is 1. The number of ketones is 4. The number of rotatable bonds is 4. The number of aliphatic hydroxyl groups excluding tert-OH is 1. The first-order valence-electron chi connectivity index (χ1n) is 12.8. The molecule has 0 bridgehead atoms. The quantitative estimate of drug-likeness (QED) is 0.381. The number of hydrogen-bond donors (Lipinski definition) is 4. The van der Waals surface area contributed by atoms with Crippen molar-refractivity contribution in [1.82, 2.24) is 4.90 Å². The Labute approximate surface area is 231 Å². The number of nitrogens with zero attached hydrogens (tertiary/aromatic N) is 1. The van der Waals surface area contributed by atoms with E-state index in [1.165, 1.54) is 30.8 Å². The van der Waals surface area contributed by atoms with Gasteiger partial charge in [0.25, 0.3) is 0 Å². The third-order valence-corrected chi connectivity index (χ3v) is 9.38. The predicted molar refractivity (Wildman–Crippen MR) is 143 cm³/mol. The van der Waals surface area contributed by atoms with Crippen LogP contribution in [0.2, 0.25) is 0 Å². The standard InChI is InChI=1S/C28H36N2O8S/c1-10-13-11(9-39-7)8-12(27(2,3)4)20(31)15(13)21(32)16-14(10)22(33)18-19(30(5)6)23(34)17(26(29)37)25(36)28(18,38)24(16)35/h8,10,14,16-19,22,31,33,38H,9H2,1-7H3,(H2,29,37)/t10-,14+,16?,17?,18+,19-,22-,28-/m0/s1. The zero-order chi connectivity index (χ0) is 29.5. The first kappa shape index (κ1) is 29.4. The Hall–Kier alpha value is -2.60. The fourth-order valence-electron chi connectivity index (χ4n) is 7.09. The van der Waals surface area contributed by atoms with Crippen LogP contribution in [0.5, 0.6) is 5.75 Å².